The van der Waals surface area contributed by atoms with E-state index in [-0.39, 0.29) is 74.7 Å². The van der Waals surface area contributed by atoms with Gasteiger partial charge in [-0.1, -0.05) is 11.6 Å². The van der Waals surface area contributed by atoms with Gasteiger partial charge in [0.15, 0.2) is 5.82 Å². The van der Waals surface area contributed by atoms with Crippen LogP contribution < -0.4 is 20.1 Å². The lowest BCUT2D eigenvalue weighted by Crippen LogP contribution is -2.54. The summed E-state index contributed by atoms with van der Waals surface area (Å²) in [5.74, 6) is -1.38. The summed E-state index contributed by atoms with van der Waals surface area (Å²) in [6.07, 6.45) is -5.29. The molecular formula is C28H28ClF5N6O4. The predicted molar refractivity (Wildman–Crippen MR) is 149 cm³/mol. The number of aliphatic hydroxyl groups excluding tert-OH is 1. The Morgan fingerprint density at radius 1 is 1.18 bits per heavy atom. The highest BCUT2D eigenvalue weighted by Gasteiger charge is 2.49. The second-order valence-corrected chi connectivity index (χ2v) is 12.0. The number of hydrogen-bond donors (Lipinski definition) is 2. The first-order chi connectivity index (χ1) is 20.9. The van der Waals surface area contributed by atoms with Crippen molar-refractivity contribution in [1.29, 1.82) is 0 Å². The number of benzene rings is 1. The largest absolute Gasteiger partial charge is 0.474 e. The maximum atomic E-state index is 16.6. The number of pyridine rings is 1. The van der Waals surface area contributed by atoms with Crippen molar-refractivity contribution in [3.63, 3.8) is 0 Å². The van der Waals surface area contributed by atoms with Crippen LogP contribution in [0.5, 0.6) is 11.9 Å². The zero-order chi connectivity index (χ0) is 31.0. The molecule has 0 saturated carbocycles. The van der Waals surface area contributed by atoms with Crippen LogP contribution in [0, 0.1) is 5.82 Å². The summed E-state index contributed by atoms with van der Waals surface area (Å²) in [6.45, 7) is 1.34. The van der Waals surface area contributed by atoms with Crippen molar-refractivity contribution in [3.8, 4) is 23.1 Å². The minimum absolute atomic E-state index is 0.00805. The molecule has 1 aromatic carbocycles. The second kappa shape index (κ2) is 10.7. The molecule has 10 nitrogen and oxygen atoms in total. The average molecular weight is 643 g/mol. The van der Waals surface area contributed by atoms with Crippen molar-refractivity contribution in [2.75, 3.05) is 56.7 Å². The van der Waals surface area contributed by atoms with E-state index in [1.54, 1.807) is 4.90 Å². The van der Waals surface area contributed by atoms with Gasteiger partial charge >= 0.3 is 12.2 Å². The first-order valence-electron chi connectivity index (χ1n) is 14.2. The Bertz CT molecular complexity index is 1630. The molecule has 3 fully saturated rings. The molecule has 3 aromatic rings. The molecular weight excluding hydrogens is 615 g/mol. The lowest BCUT2D eigenvalue weighted by molar-refractivity contribution is -0.137. The predicted octanol–water partition coefficient (Wildman–Crippen LogP) is 4.00. The monoisotopic (exact) mass is 642 g/mol. The van der Waals surface area contributed by atoms with Crippen LogP contribution in [0.3, 0.4) is 0 Å². The molecule has 2 aromatic heterocycles. The van der Waals surface area contributed by atoms with Crippen LogP contribution in [-0.4, -0.2) is 94.9 Å². The van der Waals surface area contributed by atoms with E-state index >= 15 is 4.39 Å². The molecule has 6 heterocycles. The van der Waals surface area contributed by atoms with E-state index in [1.807, 2.05) is 4.90 Å². The first-order valence-corrected chi connectivity index (χ1v) is 14.6. The number of hydrogen-bond acceptors (Lipinski definition) is 10. The number of halogens is 6. The number of nitrogens with two attached hydrogens (primary N) is 1. The van der Waals surface area contributed by atoms with Crippen LogP contribution >= 0.6 is 11.6 Å². The van der Waals surface area contributed by atoms with Crippen molar-refractivity contribution in [3.05, 3.63) is 28.5 Å². The lowest BCUT2D eigenvalue weighted by atomic mass is 9.95. The Kier molecular flexibility index (Phi) is 7.14. The maximum Gasteiger partial charge on any atom is 0.418 e. The number of ether oxygens (including phenoxy) is 3. The molecule has 0 bridgehead atoms. The molecule has 16 heteroatoms. The zero-order valence-electron chi connectivity index (χ0n) is 23.2. The van der Waals surface area contributed by atoms with Gasteiger partial charge in [0.05, 0.1) is 35.4 Å². The third-order valence-corrected chi connectivity index (χ3v) is 9.17. The SMILES string of the molecule is Nc1cc(Cl)c(C(F)(F)F)c(-c2nc3c4c(nc(OC[C@@]56CCCN5C[C@H](F)C6)nc4c2F)N2CCOCC2C(O)CO3)c1. The molecule has 4 aliphatic rings. The number of nitrogen functional groups attached to an aromatic ring is 1. The summed E-state index contributed by atoms with van der Waals surface area (Å²) in [5.41, 5.74) is 1.90. The topological polar surface area (TPSA) is 119 Å². The highest BCUT2D eigenvalue weighted by molar-refractivity contribution is 6.32. The second-order valence-electron chi connectivity index (χ2n) is 11.6. The molecule has 4 aliphatic heterocycles. The molecule has 44 heavy (non-hydrogen) atoms. The average Bonchev–Trinajstić information content (AvgIpc) is 3.49. The van der Waals surface area contributed by atoms with Crippen molar-refractivity contribution in [1.82, 2.24) is 19.9 Å². The van der Waals surface area contributed by atoms with Gasteiger partial charge in [0, 0.05) is 30.8 Å². The molecule has 0 radical (unpaired) electrons. The fourth-order valence-electron chi connectivity index (χ4n) is 6.89. The molecule has 3 N–H and O–H groups in total. The lowest BCUT2D eigenvalue weighted by Gasteiger charge is -2.40. The first kappa shape index (κ1) is 29.4. The van der Waals surface area contributed by atoms with Gasteiger partial charge in [-0.2, -0.15) is 23.1 Å². The highest BCUT2D eigenvalue weighted by atomic mass is 35.5. The van der Waals surface area contributed by atoms with E-state index in [0.717, 1.165) is 25.1 Å². The van der Waals surface area contributed by atoms with Crippen LogP contribution in [0.4, 0.5) is 33.5 Å². The fourth-order valence-corrected chi connectivity index (χ4v) is 7.22. The van der Waals surface area contributed by atoms with Crippen LogP contribution in [0.1, 0.15) is 24.8 Å². The number of alkyl halides is 4. The molecule has 0 spiro atoms. The standard InChI is InChI=1S/C28H28ClF5N6O4/c29-16-7-14(35)6-15(20(16)28(32,33)34)22-21(31)23-19-24(40-4-5-42-10-17(40)18(41)11-43-25(19)36-22)38-26(37-23)44-12-27-2-1-3-39(27)9-13(30)8-27/h6-7,13,17-18,41H,1-5,8-12,35H2/t13-,17?,18?,27+/m1/s1. The van der Waals surface area contributed by atoms with Gasteiger partial charge in [-0.3, -0.25) is 4.90 Å². The Hall–Kier alpha value is -3.27. The van der Waals surface area contributed by atoms with E-state index in [2.05, 4.69) is 15.0 Å². The maximum absolute atomic E-state index is 16.6. The molecule has 7 rings (SSSR count). The zero-order valence-corrected chi connectivity index (χ0v) is 24.0. The molecule has 2 unspecified atom stereocenters. The fraction of sp³-hybridized carbons (Fsp3) is 0.536. The Morgan fingerprint density at radius 2 is 2.00 bits per heavy atom. The Labute approximate surface area is 252 Å². The van der Waals surface area contributed by atoms with Gasteiger partial charge in [-0.15, -0.1) is 0 Å². The number of aromatic nitrogens is 3. The van der Waals surface area contributed by atoms with Crippen molar-refractivity contribution in [2.24, 2.45) is 0 Å². The number of rotatable bonds is 4. The number of morpholine rings is 1. The van der Waals surface area contributed by atoms with E-state index < -0.39 is 63.2 Å². The van der Waals surface area contributed by atoms with Gasteiger partial charge in [0.25, 0.3) is 0 Å². The summed E-state index contributed by atoms with van der Waals surface area (Å²) < 4.78 is 91.0. The summed E-state index contributed by atoms with van der Waals surface area (Å²) in [7, 11) is 0. The van der Waals surface area contributed by atoms with Gasteiger partial charge in [0.1, 0.15) is 47.9 Å². The molecule has 3 saturated heterocycles. The van der Waals surface area contributed by atoms with Crippen LogP contribution in [0.2, 0.25) is 5.02 Å². The third-order valence-electron chi connectivity index (χ3n) is 8.87. The highest BCUT2D eigenvalue weighted by Crippen LogP contribution is 2.46. The minimum Gasteiger partial charge on any atom is -0.474 e. The van der Waals surface area contributed by atoms with E-state index in [4.69, 9.17) is 31.5 Å². The Morgan fingerprint density at radius 3 is 2.80 bits per heavy atom. The van der Waals surface area contributed by atoms with Crippen molar-refractivity contribution < 1.29 is 41.3 Å². The van der Waals surface area contributed by atoms with Crippen molar-refractivity contribution in [2.45, 2.75) is 49.3 Å². The number of aliphatic hydroxyl groups is 1. The van der Waals surface area contributed by atoms with Crippen LogP contribution in [-0.2, 0) is 10.9 Å². The van der Waals surface area contributed by atoms with Gasteiger partial charge in [0.2, 0.25) is 5.88 Å². The minimum atomic E-state index is -4.99. The van der Waals surface area contributed by atoms with Crippen molar-refractivity contribution >= 4 is 34.0 Å². The van der Waals surface area contributed by atoms with E-state index in [9.17, 15) is 22.7 Å². The van der Waals surface area contributed by atoms with E-state index in [1.165, 1.54) is 0 Å². The summed E-state index contributed by atoms with van der Waals surface area (Å²) >= 11 is 5.97. The van der Waals surface area contributed by atoms with Gasteiger partial charge < -0.3 is 30.0 Å². The molecule has 4 atom stereocenters. The summed E-state index contributed by atoms with van der Waals surface area (Å²) in [5, 5.41) is 10.2. The third kappa shape index (κ3) is 4.84. The summed E-state index contributed by atoms with van der Waals surface area (Å²) in [6, 6.07) is 0.941. The van der Waals surface area contributed by atoms with Crippen LogP contribution in [0.25, 0.3) is 22.2 Å². The number of fused-ring (bicyclic) bond motifs is 3. The van der Waals surface area contributed by atoms with E-state index in [0.29, 0.717) is 6.42 Å². The van der Waals surface area contributed by atoms with Gasteiger partial charge in [-0.05, 0) is 31.5 Å². The summed E-state index contributed by atoms with van der Waals surface area (Å²) in [4.78, 5) is 16.8. The quantitative estimate of drug-likeness (QED) is 0.319. The Balaban J connectivity index is 1.43. The smallest absolute Gasteiger partial charge is 0.418 e. The van der Waals surface area contributed by atoms with Gasteiger partial charge in [-0.25, -0.2) is 13.8 Å². The normalized spacial score (nSPS) is 27.1. The molecule has 0 amide bonds. The number of nitrogens with zero attached hydrogens (tertiary/aromatic N) is 5. The molecule has 236 valence electrons. The molecule has 0 aliphatic carbocycles. The number of anilines is 2. The van der Waals surface area contributed by atoms with Crippen LogP contribution in [0.15, 0.2) is 12.1 Å².